The Balaban J connectivity index is 1.74. The lowest BCUT2D eigenvalue weighted by molar-refractivity contribution is -0.122. The third-order valence-electron chi connectivity index (χ3n) is 4.07. The van der Waals surface area contributed by atoms with E-state index in [1.165, 1.54) is 12.4 Å². The molecular formula is C17H20N6O2. The molecule has 0 radical (unpaired) electrons. The van der Waals surface area contributed by atoms with Crippen LogP contribution in [0.3, 0.4) is 0 Å². The molecule has 0 spiro atoms. The largest absolute Gasteiger partial charge is 0.322 e. The number of amides is 2. The van der Waals surface area contributed by atoms with Crippen molar-refractivity contribution in [2.24, 2.45) is 18.1 Å². The molecule has 0 unspecified atom stereocenters. The zero-order chi connectivity index (χ0) is 17.8. The maximum Gasteiger partial charge on any atom is 0.276 e. The maximum absolute atomic E-state index is 12.8. The van der Waals surface area contributed by atoms with Crippen molar-refractivity contribution in [3.63, 3.8) is 0 Å². The average Bonchev–Trinajstić information content (AvgIpc) is 3.41. The number of hydrazone groups is 1. The third-order valence-corrected chi connectivity index (χ3v) is 4.07. The molecule has 0 aromatic carbocycles. The Morgan fingerprint density at radius 2 is 2.24 bits per heavy atom. The summed E-state index contributed by atoms with van der Waals surface area (Å²) >= 11 is 0. The number of carbonyl (C=O) groups is 2. The van der Waals surface area contributed by atoms with Crippen molar-refractivity contribution in [2.75, 3.05) is 11.4 Å². The number of nitrogens with one attached hydrogen (secondary N) is 1. The molecule has 8 heteroatoms. The second kappa shape index (κ2) is 7.25. The second-order valence-corrected chi connectivity index (χ2v) is 5.83. The fourth-order valence-corrected chi connectivity index (χ4v) is 2.43. The lowest BCUT2D eigenvalue weighted by Crippen LogP contribution is -2.32. The van der Waals surface area contributed by atoms with Crippen molar-refractivity contribution in [2.45, 2.75) is 19.8 Å². The highest BCUT2D eigenvalue weighted by Gasteiger charge is 2.29. The predicted molar refractivity (Wildman–Crippen MR) is 93.3 cm³/mol. The first kappa shape index (κ1) is 16.8. The van der Waals surface area contributed by atoms with Crippen LogP contribution in [0.25, 0.3) is 0 Å². The lowest BCUT2D eigenvalue weighted by Gasteiger charge is -2.20. The highest BCUT2D eigenvalue weighted by atomic mass is 16.2. The van der Waals surface area contributed by atoms with Crippen molar-refractivity contribution in [1.82, 2.24) is 20.0 Å². The highest BCUT2D eigenvalue weighted by Crippen LogP contribution is 2.28. The van der Waals surface area contributed by atoms with E-state index in [2.05, 4.69) is 20.5 Å². The van der Waals surface area contributed by atoms with Crippen LogP contribution in [0.4, 0.5) is 5.69 Å². The fraction of sp³-hybridized carbons (Fsp3) is 0.353. The van der Waals surface area contributed by atoms with Gasteiger partial charge in [0.15, 0.2) is 5.82 Å². The molecule has 2 amide bonds. The molecule has 0 bridgehead atoms. The van der Waals surface area contributed by atoms with Gasteiger partial charge in [0.2, 0.25) is 5.91 Å². The molecule has 1 saturated carbocycles. The van der Waals surface area contributed by atoms with E-state index in [-0.39, 0.29) is 17.7 Å². The summed E-state index contributed by atoms with van der Waals surface area (Å²) in [5.74, 6) is 0.331. The number of imidazole rings is 1. The molecule has 0 aliphatic heterocycles. The number of carbonyl (C=O) groups excluding carboxylic acids is 2. The summed E-state index contributed by atoms with van der Waals surface area (Å²) in [6.07, 6.45) is 8.10. The molecule has 2 aromatic heterocycles. The summed E-state index contributed by atoms with van der Waals surface area (Å²) in [5, 5.41) is 3.92. The smallest absolute Gasteiger partial charge is 0.276 e. The average molecular weight is 340 g/mol. The number of anilines is 1. The van der Waals surface area contributed by atoms with Crippen LogP contribution in [0.5, 0.6) is 0 Å². The summed E-state index contributed by atoms with van der Waals surface area (Å²) in [5.41, 5.74) is 3.65. The molecule has 3 rings (SSSR count). The highest BCUT2D eigenvalue weighted by molar-refractivity contribution is 6.05. The zero-order valence-electron chi connectivity index (χ0n) is 14.2. The van der Waals surface area contributed by atoms with Crippen LogP contribution in [0.2, 0.25) is 0 Å². The van der Waals surface area contributed by atoms with Gasteiger partial charge in [0, 0.05) is 25.7 Å². The molecule has 0 atom stereocenters. The maximum atomic E-state index is 12.8. The molecule has 25 heavy (non-hydrogen) atoms. The minimum atomic E-state index is -0.174. The topological polar surface area (TPSA) is 92.5 Å². The van der Waals surface area contributed by atoms with Crippen LogP contribution in [0.15, 0.2) is 35.8 Å². The first-order valence-electron chi connectivity index (χ1n) is 8.18. The van der Waals surface area contributed by atoms with Gasteiger partial charge in [-0.3, -0.25) is 14.6 Å². The summed E-state index contributed by atoms with van der Waals surface area (Å²) in [4.78, 5) is 34.3. The van der Waals surface area contributed by atoms with Crippen LogP contribution in [0, 0.1) is 5.92 Å². The molecule has 1 aliphatic carbocycles. The van der Waals surface area contributed by atoms with Crippen molar-refractivity contribution in [1.29, 1.82) is 0 Å². The van der Waals surface area contributed by atoms with E-state index in [0.717, 1.165) is 18.5 Å². The lowest BCUT2D eigenvalue weighted by atomic mass is 10.3. The molecule has 2 heterocycles. The summed E-state index contributed by atoms with van der Waals surface area (Å²) in [6, 6.07) is 3.62. The Kier molecular flexibility index (Phi) is 4.87. The van der Waals surface area contributed by atoms with Gasteiger partial charge in [-0.1, -0.05) is 0 Å². The number of rotatable bonds is 6. The van der Waals surface area contributed by atoms with E-state index >= 15 is 0 Å². The van der Waals surface area contributed by atoms with Gasteiger partial charge in [0.1, 0.15) is 5.69 Å². The van der Waals surface area contributed by atoms with Crippen LogP contribution >= 0.6 is 0 Å². The van der Waals surface area contributed by atoms with Gasteiger partial charge in [0.05, 0.1) is 24.3 Å². The number of hydrogen-bond acceptors (Lipinski definition) is 5. The summed E-state index contributed by atoms with van der Waals surface area (Å²) < 4.78 is 1.65. The molecule has 8 nitrogen and oxygen atoms in total. The number of nitrogens with zero attached hydrogens (tertiary/aromatic N) is 5. The Morgan fingerprint density at radius 1 is 1.44 bits per heavy atom. The SMILES string of the molecule is CCN(C(=O)c1cnc(/C=N/NC(=O)C2CC2)n1C)c1cccnc1. The predicted octanol–water partition coefficient (Wildman–Crippen LogP) is 1.34. The van der Waals surface area contributed by atoms with Crippen molar-refractivity contribution >= 4 is 23.7 Å². The number of pyridine rings is 1. The Bertz CT molecular complexity index is 795. The van der Waals surface area contributed by atoms with E-state index in [4.69, 9.17) is 0 Å². The minimum absolute atomic E-state index is 0.0736. The van der Waals surface area contributed by atoms with Crippen molar-refractivity contribution in [3.05, 3.63) is 42.2 Å². The molecular weight excluding hydrogens is 320 g/mol. The van der Waals surface area contributed by atoms with E-state index < -0.39 is 0 Å². The molecule has 1 fully saturated rings. The van der Waals surface area contributed by atoms with Gasteiger partial charge >= 0.3 is 0 Å². The second-order valence-electron chi connectivity index (χ2n) is 5.83. The molecule has 0 saturated heterocycles. The quantitative estimate of drug-likeness (QED) is 0.634. The van der Waals surface area contributed by atoms with E-state index in [1.807, 2.05) is 13.0 Å². The van der Waals surface area contributed by atoms with Gasteiger partial charge < -0.3 is 9.47 Å². The van der Waals surface area contributed by atoms with E-state index in [1.54, 1.807) is 35.0 Å². The van der Waals surface area contributed by atoms with E-state index in [0.29, 0.717) is 18.1 Å². The third kappa shape index (κ3) is 3.73. The molecule has 130 valence electrons. The van der Waals surface area contributed by atoms with Crippen LogP contribution < -0.4 is 10.3 Å². The van der Waals surface area contributed by atoms with Gasteiger partial charge in [-0.05, 0) is 31.9 Å². The standard InChI is InChI=1S/C17H20N6O2/c1-3-23(13-5-4-8-18-9-13)17(25)14-10-19-15(22(14)2)11-20-21-16(24)12-6-7-12/h4-5,8-12H,3,6-7H2,1-2H3,(H,21,24)/b20-11+. The van der Waals surface area contributed by atoms with Crippen LogP contribution in [-0.2, 0) is 11.8 Å². The minimum Gasteiger partial charge on any atom is -0.322 e. The van der Waals surface area contributed by atoms with Gasteiger partial charge in [-0.25, -0.2) is 10.4 Å². The monoisotopic (exact) mass is 340 g/mol. The van der Waals surface area contributed by atoms with Crippen LogP contribution in [0.1, 0.15) is 36.1 Å². The number of aromatic nitrogens is 3. The Morgan fingerprint density at radius 3 is 2.88 bits per heavy atom. The Labute approximate surface area is 145 Å². The molecule has 1 N–H and O–H groups in total. The number of hydrogen-bond donors (Lipinski definition) is 1. The van der Waals surface area contributed by atoms with Crippen LogP contribution in [-0.4, -0.2) is 39.1 Å². The first-order valence-corrected chi connectivity index (χ1v) is 8.18. The fourth-order valence-electron chi connectivity index (χ4n) is 2.43. The molecule has 2 aromatic rings. The zero-order valence-corrected chi connectivity index (χ0v) is 14.2. The normalized spacial score (nSPS) is 13.8. The van der Waals surface area contributed by atoms with Crippen molar-refractivity contribution in [3.8, 4) is 0 Å². The van der Waals surface area contributed by atoms with Gasteiger partial charge in [0.25, 0.3) is 5.91 Å². The summed E-state index contributed by atoms with van der Waals surface area (Å²) in [7, 11) is 1.74. The first-order chi connectivity index (χ1) is 12.1. The summed E-state index contributed by atoms with van der Waals surface area (Å²) in [6.45, 7) is 2.41. The van der Waals surface area contributed by atoms with Gasteiger partial charge in [-0.2, -0.15) is 5.10 Å². The Hall–Kier alpha value is -3.03. The van der Waals surface area contributed by atoms with Crippen molar-refractivity contribution < 1.29 is 9.59 Å². The van der Waals surface area contributed by atoms with Gasteiger partial charge in [-0.15, -0.1) is 0 Å². The van der Waals surface area contributed by atoms with E-state index in [9.17, 15) is 9.59 Å². The molecule has 1 aliphatic rings.